The molecule has 2 aromatic rings. The second kappa shape index (κ2) is 8.01. The van der Waals surface area contributed by atoms with E-state index in [0.717, 1.165) is 5.56 Å². The summed E-state index contributed by atoms with van der Waals surface area (Å²) in [6.07, 6.45) is 3.67. The molecule has 0 saturated carbocycles. The van der Waals surface area contributed by atoms with E-state index in [0.29, 0.717) is 22.1 Å². The minimum absolute atomic E-state index is 0.163. The topological polar surface area (TPSA) is 77.3 Å². The summed E-state index contributed by atoms with van der Waals surface area (Å²) in [5.41, 5.74) is 2.86. The molecule has 2 aromatic carbocycles. The predicted octanol–water partition coefficient (Wildman–Crippen LogP) is 3.67. The molecule has 23 heavy (non-hydrogen) atoms. The van der Waals surface area contributed by atoms with Crippen LogP contribution >= 0.6 is 11.8 Å². The molecule has 0 aliphatic rings. The number of hydrogen-bond acceptors (Lipinski definition) is 4. The van der Waals surface area contributed by atoms with Crippen LogP contribution in [0.15, 0.2) is 53.5 Å². The number of nitrogens with one attached hydrogen (secondary N) is 2. The van der Waals surface area contributed by atoms with Crippen molar-refractivity contribution in [2.24, 2.45) is 4.99 Å². The Labute approximate surface area is 139 Å². The van der Waals surface area contributed by atoms with Crippen molar-refractivity contribution in [2.45, 2.75) is 6.92 Å². The van der Waals surface area contributed by atoms with Gasteiger partial charge in [-0.3, -0.25) is 10.1 Å². The third kappa shape index (κ3) is 4.59. The first-order valence-corrected chi connectivity index (χ1v) is 8.11. The molecular formula is C17H16N4OS. The van der Waals surface area contributed by atoms with Gasteiger partial charge in [0.15, 0.2) is 11.4 Å². The number of aliphatic imine (C=N–C) groups is 1. The summed E-state index contributed by atoms with van der Waals surface area (Å²) in [6, 6.07) is 14.6. The summed E-state index contributed by atoms with van der Waals surface area (Å²) in [6.45, 7) is 1.90. The number of carbonyl (C=O) groups is 1. The van der Waals surface area contributed by atoms with Gasteiger partial charge in [0.25, 0.3) is 5.91 Å². The van der Waals surface area contributed by atoms with Gasteiger partial charge in [-0.15, -0.1) is 0 Å². The van der Waals surface area contributed by atoms with E-state index < -0.39 is 0 Å². The molecule has 0 unspecified atom stereocenters. The zero-order valence-corrected chi connectivity index (χ0v) is 13.6. The summed E-state index contributed by atoms with van der Waals surface area (Å²) in [5, 5.41) is 14.5. The van der Waals surface area contributed by atoms with Crippen molar-refractivity contribution in [3.05, 3.63) is 59.7 Å². The van der Waals surface area contributed by atoms with Gasteiger partial charge in [0.2, 0.25) is 0 Å². The highest BCUT2D eigenvalue weighted by Gasteiger charge is 2.08. The highest BCUT2D eigenvalue weighted by atomic mass is 32.2. The molecule has 1 amide bonds. The zero-order valence-electron chi connectivity index (χ0n) is 12.8. The van der Waals surface area contributed by atoms with Gasteiger partial charge in [0.05, 0.1) is 5.69 Å². The Morgan fingerprint density at radius 3 is 2.70 bits per heavy atom. The molecule has 0 spiro atoms. The number of benzene rings is 2. The van der Waals surface area contributed by atoms with E-state index in [1.807, 2.05) is 37.6 Å². The molecular weight excluding hydrogens is 308 g/mol. The minimum Gasteiger partial charge on any atom is -0.322 e. The van der Waals surface area contributed by atoms with Crippen molar-refractivity contribution >= 4 is 34.2 Å². The number of nitriles is 1. The Morgan fingerprint density at radius 1 is 1.22 bits per heavy atom. The highest BCUT2D eigenvalue weighted by molar-refractivity contribution is 8.13. The number of amides is 1. The molecule has 0 heterocycles. The van der Waals surface area contributed by atoms with Gasteiger partial charge in [0.1, 0.15) is 0 Å². The molecule has 2 N–H and O–H groups in total. The van der Waals surface area contributed by atoms with Crippen LogP contribution in [0.3, 0.4) is 0 Å². The third-order valence-corrected chi connectivity index (χ3v) is 3.66. The molecule has 0 bridgehead atoms. The normalized spacial score (nSPS) is 10.7. The lowest BCUT2D eigenvalue weighted by Gasteiger charge is -2.08. The van der Waals surface area contributed by atoms with Crippen molar-refractivity contribution in [3.63, 3.8) is 0 Å². The quantitative estimate of drug-likeness (QED) is 0.391. The number of nitrogens with zero attached hydrogens (tertiary/aromatic N) is 2. The van der Waals surface area contributed by atoms with Crippen LogP contribution in [-0.4, -0.2) is 17.3 Å². The van der Waals surface area contributed by atoms with Gasteiger partial charge < -0.3 is 5.32 Å². The first-order valence-electron chi connectivity index (χ1n) is 6.89. The first kappa shape index (κ1) is 16.6. The summed E-state index contributed by atoms with van der Waals surface area (Å²) in [5.74, 6) is -0.163. The summed E-state index contributed by atoms with van der Waals surface area (Å²) in [4.78, 5) is 16.6. The molecule has 2 rings (SSSR count). The number of amidine groups is 1. The molecule has 116 valence electrons. The Hall–Kier alpha value is -2.78. The van der Waals surface area contributed by atoms with Crippen LogP contribution in [0.5, 0.6) is 0 Å². The molecule has 5 nitrogen and oxygen atoms in total. The fraction of sp³-hybridized carbons (Fsp3) is 0.118. The molecule has 0 aliphatic carbocycles. The smallest absolute Gasteiger partial charge is 0.255 e. The maximum absolute atomic E-state index is 12.3. The summed E-state index contributed by atoms with van der Waals surface area (Å²) >= 11 is 1.34. The van der Waals surface area contributed by atoms with Gasteiger partial charge in [-0.2, -0.15) is 5.26 Å². The maximum atomic E-state index is 12.3. The molecule has 0 aliphatic heterocycles. The number of carbonyl (C=O) groups excluding carboxylic acids is 1. The number of thioether (sulfide) groups is 1. The van der Waals surface area contributed by atoms with Gasteiger partial charge in [-0.25, -0.2) is 4.99 Å². The van der Waals surface area contributed by atoms with Crippen molar-refractivity contribution in [2.75, 3.05) is 11.6 Å². The monoisotopic (exact) mass is 324 g/mol. The average Bonchev–Trinajstić information content (AvgIpc) is 2.55. The van der Waals surface area contributed by atoms with Crippen molar-refractivity contribution in [3.8, 4) is 6.19 Å². The molecule has 0 radical (unpaired) electrons. The number of anilines is 1. The van der Waals surface area contributed by atoms with Crippen LogP contribution in [0.25, 0.3) is 0 Å². The van der Waals surface area contributed by atoms with E-state index in [1.54, 1.807) is 30.3 Å². The lowest BCUT2D eigenvalue weighted by Crippen LogP contribution is -2.13. The summed E-state index contributed by atoms with van der Waals surface area (Å²) < 4.78 is 0. The Morgan fingerprint density at radius 2 is 2.00 bits per heavy atom. The van der Waals surface area contributed by atoms with Crippen molar-refractivity contribution < 1.29 is 4.79 Å². The van der Waals surface area contributed by atoms with Crippen LogP contribution in [0, 0.1) is 18.4 Å². The van der Waals surface area contributed by atoms with Crippen molar-refractivity contribution in [1.82, 2.24) is 5.32 Å². The fourth-order valence-corrected chi connectivity index (χ4v) is 2.31. The van der Waals surface area contributed by atoms with Crippen molar-refractivity contribution in [1.29, 1.82) is 5.26 Å². The lowest BCUT2D eigenvalue weighted by atomic mass is 10.1. The van der Waals surface area contributed by atoms with Crippen LogP contribution in [0.4, 0.5) is 11.4 Å². The maximum Gasteiger partial charge on any atom is 0.255 e. The minimum atomic E-state index is -0.163. The van der Waals surface area contributed by atoms with Crippen LogP contribution < -0.4 is 10.6 Å². The van der Waals surface area contributed by atoms with Crippen LogP contribution in [0.2, 0.25) is 0 Å². The third-order valence-electron chi connectivity index (χ3n) is 3.08. The van der Waals surface area contributed by atoms with Crippen LogP contribution in [-0.2, 0) is 0 Å². The van der Waals surface area contributed by atoms with E-state index in [9.17, 15) is 4.79 Å². The predicted molar refractivity (Wildman–Crippen MR) is 94.9 cm³/mol. The largest absolute Gasteiger partial charge is 0.322 e. The molecule has 0 aromatic heterocycles. The fourth-order valence-electron chi connectivity index (χ4n) is 1.97. The number of rotatable bonds is 3. The lowest BCUT2D eigenvalue weighted by molar-refractivity contribution is 0.102. The Bertz CT molecular complexity index is 780. The van der Waals surface area contributed by atoms with E-state index in [1.165, 1.54) is 11.8 Å². The number of hydrogen-bond donors (Lipinski definition) is 2. The van der Waals surface area contributed by atoms with E-state index >= 15 is 0 Å². The van der Waals surface area contributed by atoms with E-state index in [2.05, 4.69) is 15.6 Å². The average molecular weight is 324 g/mol. The second-order valence-electron chi connectivity index (χ2n) is 4.68. The van der Waals surface area contributed by atoms with Crippen LogP contribution in [0.1, 0.15) is 15.9 Å². The Kier molecular flexibility index (Phi) is 5.78. The standard InChI is InChI=1S/C17H16N4OS/c1-12-6-3-4-9-15(12)16(22)20-13-7-5-8-14(10-13)21-17(23-2)19-11-18/h3-10H,1-2H3,(H,19,21)(H,20,22). The highest BCUT2D eigenvalue weighted by Crippen LogP contribution is 2.20. The molecule has 0 saturated heterocycles. The van der Waals surface area contributed by atoms with E-state index in [4.69, 9.17) is 5.26 Å². The van der Waals surface area contributed by atoms with Gasteiger partial charge in [0, 0.05) is 11.3 Å². The second-order valence-corrected chi connectivity index (χ2v) is 5.47. The van der Waals surface area contributed by atoms with Gasteiger partial charge in [-0.1, -0.05) is 36.0 Å². The first-order chi connectivity index (χ1) is 11.1. The molecule has 6 heteroatoms. The van der Waals surface area contributed by atoms with E-state index in [-0.39, 0.29) is 5.91 Å². The SMILES string of the molecule is CSC(=Nc1cccc(NC(=O)c2ccccc2C)c1)NC#N. The van der Waals surface area contributed by atoms with Gasteiger partial charge >= 0.3 is 0 Å². The Balaban J connectivity index is 2.19. The molecule has 0 fully saturated rings. The van der Waals surface area contributed by atoms with Gasteiger partial charge in [-0.05, 0) is 43.0 Å². The number of aryl methyl sites for hydroxylation is 1. The zero-order chi connectivity index (χ0) is 16.7. The summed E-state index contributed by atoms with van der Waals surface area (Å²) in [7, 11) is 0. The molecule has 0 atom stereocenters.